The van der Waals surface area contributed by atoms with Crippen LogP contribution in [0.2, 0.25) is 0 Å². The van der Waals surface area contributed by atoms with E-state index in [-0.39, 0.29) is 12.1 Å². The van der Waals surface area contributed by atoms with Gasteiger partial charge in [0.25, 0.3) is 0 Å². The van der Waals surface area contributed by atoms with Crippen molar-refractivity contribution in [3.63, 3.8) is 0 Å². The molecule has 2 N–H and O–H groups in total. The molecule has 3 unspecified atom stereocenters. The minimum Gasteiger partial charge on any atom is -0.493 e. The number of carbonyl (C=O) groups is 2. The molecule has 0 aliphatic heterocycles. The van der Waals surface area contributed by atoms with Crippen molar-refractivity contribution in [2.75, 3.05) is 14.2 Å². The molecule has 1 aliphatic carbocycles. The highest BCUT2D eigenvalue weighted by Crippen LogP contribution is 2.30. The van der Waals surface area contributed by atoms with Crippen LogP contribution in [-0.2, 0) is 9.59 Å². The van der Waals surface area contributed by atoms with E-state index in [4.69, 9.17) is 9.47 Å². The normalized spacial score (nSPS) is 21.1. The minimum absolute atomic E-state index is 0.0865. The van der Waals surface area contributed by atoms with Gasteiger partial charge in [0.1, 0.15) is 0 Å². The standard InChI is InChI=1S/C19H28N2O4/c1-12-7-5-6-8-15(12)21-19(23)18(22)20-13(2)14-9-10-16(24-3)17(11-14)25-4/h9-13,15H,5-8H2,1-4H3,(H,20,22)(H,21,23). The second kappa shape index (κ2) is 8.74. The van der Waals surface area contributed by atoms with Gasteiger partial charge in [-0.1, -0.05) is 25.8 Å². The van der Waals surface area contributed by atoms with Gasteiger partial charge in [-0.25, -0.2) is 0 Å². The van der Waals surface area contributed by atoms with Crippen molar-refractivity contribution in [2.24, 2.45) is 5.92 Å². The number of ether oxygens (including phenoxy) is 2. The third-order valence-corrected chi connectivity index (χ3v) is 4.89. The van der Waals surface area contributed by atoms with Crippen LogP contribution in [0, 0.1) is 5.92 Å². The smallest absolute Gasteiger partial charge is 0.309 e. The summed E-state index contributed by atoms with van der Waals surface area (Å²) in [4.78, 5) is 24.4. The molecular weight excluding hydrogens is 320 g/mol. The van der Waals surface area contributed by atoms with E-state index in [1.807, 2.05) is 13.0 Å². The van der Waals surface area contributed by atoms with Gasteiger partial charge in [0, 0.05) is 6.04 Å². The SMILES string of the molecule is COc1ccc(C(C)NC(=O)C(=O)NC2CCCCC2C)cc1OC. The zero-order chi connectivity index (χ0) is 18.4. The molecular formula is C19H28N2O4. The van der Waals surface area contributed by atoms with Gasteiger partial charge in [-0.15, -0.1) is 0 Å². The lowest BCUT2D eigenvalue weighted by Gasteiger charge is -2.29. The Hall–Kier alpha value is -2.24. The molecule has 0 radical (unpaired) electrons. The highest BCUT2D eigenvalue weighted by Gasteiger charge is 2.26. The van der Waals surface area contributed by atoms with Crippen molar-refractivity contribution in [1.82, 2.24) is 10.6 Å². The number of nitrogens with one attached hydrogen (secondary N) is 2. The van der Waals surface area contributed by atoms with Crippen molar-refractivity contribution in [3.8, 4) is 11.5 Å². The first-order valence-electron chi connectivity index (χ1n) is 8.79. The Morgan fingerprint density at radius 3 is 2.40 bits per heavy atom. The summed E-state index contributed by atoms with van der Waals surface area (Å²) in [7, 11) is 3.13. The lowest BCUT2D eigenvalue weighted by Crippen LogP contribution is -2.48. The monoisotopic (exact) mass is 348 g/mol. The maximum atomic E-state index is 12.2. The second-order valence-corrected chi connectivity index (χ2v) is 6.65. The average Bonchev–Trinajstić information content (AvgIpc) is 2.62. The van der Waals surface area contributed by atoms with Crippen LogP contribution in [-0.4, -0.2) is 32.1 Å². The summed E-state index contributed by atoms with van der Waals surface area (Å²) in [5, 5.41) is 5.61. The zero-order valence-corrected chi connectivity index (χ0v) is 15.4. The molecule has 6 nitrogen and oxygen atoms in total. The van der Waals surface area contributed by atoms with E-state index in [0.29, 0.717) is 17.4 Å². The number of rotatable bonds is 5. The quantitative estimate of drug-likeness (QED) is 0.802. The Kier molecular flexibility index (Phi) is 6.67. The first kappa shape index (κ1) is 19.1. The number of benzene rings is 1. The van der Waals surface area contributed by atoms with Gasteiger partial charge in [-0.2, -0.15) is 0 Å². The molecule has 1 saturated carbocycles. The lowest BCUT2D eigenvalue weighted by molar-refractivity contribution is -0.140. The molecule has 25 heavy (non-hydrogen) atoms. The Morgan fingerprint density at radius 2 is 1.76 bits per heavy atom. The summed E-state index contributed by atoms with van der Waals surface area (Å²) in [5.74, 6) is 0.440. The average molecular weight is 348 g/mol. The number of methoxy groups -OCH3 is 2. The molecule has 6 heteroatoms. The van der Waals surface area contributed by atoms with Gasteiger partial charge in [0.15, 0.2) is 11.5 Å². The van der Waals surface area contributed by atoms with Gasteiger partial charge in [-0.3, -0.25) is 9.59 Å². The third-order valence-electron chi connectivity index (χ3n) is 4.89. The van der Waals surface area contributed by atoms with E-state index in [9.17, 15) is 9.59 Å². The van der Waals surface area contributed by atoms with Crippen LogP contribution in [0.1, 0.15) is 51.1 Å². The maximum absolute atomic E-state index is 12.2. The summed E-state index contributed by atoms with van der Waals surface area (Å²) in [6, 6.07) is 5.18. The van der Waals surface area contributed by atoms with Crippen LogP contribution < -0.4 is 20.1 Å². The Balaban J connectivity index is 1.96. The molecule has 0 heterocycles. The third kappa shape index (κ3) is 4.87. The fourth-order valence-corrected chi connectivity index (χ4v) is 3.23. The van der Waals surface area contributed by atoms with E-state index in [0.717, 1.165) is 24.8 Å². The Labute approximate surface area is 149 Å². The van der Waals surface area contributed by atoms with Crippen LogP contribution in [0.5, 0.6) is 11.5 Å². The maximum Gasteiger partial charge on any atom is 0.309 e. The van der Waals surface area contributed by atoms with E-state index >= 15 is 0 Å². The topological polar surface area (TPSA) is 76.7 Å². The van der Waals surface area contributed by atoms with Gasteiger partial charge in [0.05, 0.1) is 20.3 Å². The number of amides is 2. The predicted octanol–water partition coefficient (Wildman–Crippen LogP) is 2.58. The van der Waals surface area contributed by atoms with E-state index in [1.165, 1.54) is 6.42 Å². The molecule has 0 aromatic heterocycles. The predicted molar refractivity (Wildman–Crippen MR) is 95.7 cm³/mol. The van der Waals surface area contributed by atoms with Crippen molar-refractivity contribution in [1.29, 1.82) is 0 Å². The number of hydrogen-bond acceptors (Lipinski definition) is 4. The highest BCUT2D eigenvalue weighted by atomic mass is 16.5. The Morgan fingerprint density at radius 1 is 1.08 bits per heavy atom. The molecule has 2 rings (SSSR count). The van der Waals surface area contributed by atoms with Gasteiger partial charge < -0.3 is 20.1 Å². The fourth-order valence-electron chi connectivity index (χ4n) is 3.23. The summed E-state index contributed by atoms with van der Waals surface area (Å²) in [5.41, 5.74) is 0.838. The van der Waals surface area contributed by atoms with Crippen LogP contribution >= 0.6 is 0 Å². The van der Waals surface area contributed by atoms with Gasteiger partial charge in [0.2, 0.25) is 0 Å². The molecule has 1 fully saturated rings. The second-order valence-electron chi connectivity index (χ2n) is 6.65. The highest BCUT2D eigenvalue weighted by molar-refractivity contribution is 6.35. The Bertz CT molecular complexity index is 617. The first-order chi connectivity index (χ1) is 12.0. The fraction of sp³-hybridized carbons (Fsp3) is 0.579. The molecule has 0 bridgehead atoms. The molecule has 1 aliphatic rings. The summed E-state index contributed by atoms with van der Waals surface area (Å²) < 4.78 is 10.5. The summed E-state index contributed by atoms with van der Waals surface area (Å²) >= 11 is 0. The number of hydrogen-bond donors (Lipinski definition) is 2. The van der Waals surface area contributed by atoms with Crippen LogP contribution in [0.4, 0.5) is 0 Å². The van der Waals surface area contributed by atoms with Crippen LogP contribution in [0.3, 0.4) is 0 Å². The molecule has 138 valence electrons. The van der Waals surface area contributed by atoms with Crippen LogP contribution in [0.25, 0.3) is 0 Å². The van der Waals surface area contributed by atoms with Crippen LogP contribution in [0.15, 0.2) is 18.2 Å². The van der Waals surface area contributed by atoms with Crippen molar-refractivity contribution >= 4 is 11.8 Å². The molecule has 0 saturated heterocycles. The first-order valence-corrected chi connectivity index (χ1v) is 8.79. The zero-order valence-electron chi connectivity index (χ0n) is 15.4. The van der Waals surface area contributed by atoms with Gasteiger partial charge >= 0.3 is 11.8 Å². The molecule has 3 atom stereocenters. The van der Waals surface area contributed by atoms with Crippen molar-refractivity contribution in [3.05, 3.63) is 23.8 Å². The molecule has 2 amide bonds. The molecule has 1 aromatic carbocycles. The molecule has 1 aromatic rings. The largest absolute Gasteiger partial charge is 0.493 e. The van der Waals surface area contributed by atoms with E-state index in [2.05, 4.69) is 17.6 Å². The van der Waals surface area contributed by atoms with Crippen molar-refractivity contribution in [2.45, 2.75) is 51.6 Å². The summed E-state index contributed by atoms with van der Waals surface area (Å²) in [6.45, 7) is 3.95. The van der Waals surface area contributed by atoms with Gasteiger partial charge in [-0.05, 0) is 43.4 Å². The number of carbonyl (C=O) groups excluding carboxylic acids is 2. The summed E-state index contributed by atoms with van der Waals surface area (Å²) in [6.07, 6.45) is 4.31. The van der Waals surface area contributed by atoms with E-state index in [1.54, 1.807) is 26.4 Å². The van der Waals surface area contributed by atoms with Crippen molar-refractivity contribution < 1.29 is 19.1 Å². The minimum atomic E-state index is -0.611. The molecule has 0 spiro atoms. The lowest BCUT2D eigenvalue weighted by atomic mass is 9.86. The van der Waals surface area contributed by atoms with E-state index < -0.39 is 11.8 Å².